The third-order valence-corrected chi connectivity index (χ3v) is 4.62. The van der Waals surface area contributed by atoms with Crippen molar-refractivity contribution in [1.82, 2.24) is 14.9 Å². The van der Waals surface area contributed by atoms with Crippen molar-refractivity contribution in [3.63, 3.8) is 0 Å². The van der Waals surface area contributed by atoms with Crippen molar-refractivity contribution in [3.05, 3.63) is 96.6 Å². The highest BCUT2D eigenvalue weighted by atomic mass is 35.5. The molecule has 3 nitrogen and oxygen atoms in total. The van der Waals surface area contributed by atoms with Gasteiger partial charge in [-0.2, -0.15) is 0 Å². The summed E-state index contributed by atoms with van der Waals surface area (Å²) in [7, 11) is 0. The molecule has 0 saturated carbocycles. The fourth-order valence-electron chi connectivity index (χ4n) is 3.08. The second kappa shape index (κ2) is 8.17. The number of hydrogen-bond donors (Lipinski definition) is 1. The molecule has 0 aliphatic carbocycles. The molecule has 1 atom stereocenters. The molecular weight excluding hydrogens is 342 g/mol. The number of nitrogens with zero attached hydrogens (tertiary/aromatic N) is 2. The lowest BCUT2D eigenvalue weighted by molar-refractivity contribution is 0.575. The van der Waals surface area contributed by atoms with E-state index in [0.717, 1.165) is 12.2 Å². The monoisotopic (exact) mass is 363 g/mol. The van der Waals surface area contributed by atoms with E-state index < -0.39 is 0 Å². The zero-order valence-corrected chi connectivity index (χ0v) is 15.5. The molecular formula is C22H22ClN3. The maximum atomic E-state index is 4.09. The highest BCUT2D eigenvalue weighted by Gasteiger charge is 2.06. The molecule has 0 amide bonds. The molecule has 0 radical (unpaired) electrons. The number of fused-ring (bicyclic) bond motifs is 1. The molecule has 0 bridgehead atoms. The van der Waals surface area contributed by atoms with E-state index in [0.29, 0.717) is 6.04 Å². The first-order chi connectivity index (χ1) is 12.3. The van der Waals surface area contributed by atoms with Gasteiger partial charge in [0.2, 0.25) is 0 Å². The van der Waals surface area contributed by atoms with Gasteiger partial charge >= 0.3 is 0 Å². The molecule has 0 spiro atoms. The van der Waals surface area contributed by atoms with Gasteiger partial charge in [0.15, 0.2) is 0 Å². The summed E-state index contributed by atoms with van der Waals surface area (Å²) in [4.78, 5) is 4.09. The molecule has 1 unspecified atom stereocenters. The van der Waals surface area contributed by atoms with Gasteiger partial charge in [-0.1, -0.05) is 48.5 Å². The molecule has 0 aliphatic heterocycles. The predicted molar refractivity (Wildman–Crippen MR) is 110 cm³/mol. The second-order valence-corrected chi connectivity index (χ2v) is 6.35. The lowest BCUT2D eigenvalue weighted by atomic mass is 10.1. The molecule has 1 N–H and O–H groups in total. The van der Waals surface area contributed by atoms with Crippen molar-refractivity contribution < 1.29 is 0 Å². The van der Waals surface area contributed by atoms with Crippen LogP contribution in [0.4, 0.5) is 0 Å². The fraction of sp³-hybridized carbons (Fsp3) is 0.136. The maximum absolute atomic E-state index is 4.09. The second-order valence-electron chi connectivity index (χ2n) is 6.35. The Morgan fingerprint density at radius 1 is 0.962 bits per heavy atom. The van der Waals surface area contributed by atoms with Crippen molar-refractivity contribution in [2.75, 3.05) is 0 Å². The molecule has 4 heteroatoms. The summed E-state index contributed by atoms with van der Waals surface area (Å²) in [6, 6.07) is 24.0. The zero-order valence-electron chi connectivity index (χ0n) is 14.7. The number of rotatable bonds is 5. The summed E-state index contributed by atoms with van der Waals surface area (Å²) in [6.07, 6.45) is 5.56. The Labute approximate surface area is 160 Å². The Morgan fingerprint density at radius 2 is 1.73 bits per heavy atom. The smallest absolute Gasteiger partial charge is 0.0991 e. The summed E-state index contributed by atoms with van der Waals surface area (Å²) in [5, 5.41) is 6.19. The van der Waals surface area contributed by atoms with Gasteiger partial charge < -0.3 is 9.88 Å². The van der Waals surface area contributed by atoms with Crippen molar-refractivity contribution in [2.45, 2.75) is 19.5 Å². The lowest BCUT2D eigenvalue weighted by Crippen LogP contribution is -2.18. The minimum Gasteiger partial charge on any atom is -0.306 e. The van der Waals surface area contributed by atoms with Crippen LogP contribution in [-0.4, -0.2) is 9.55 Å². The molecule has 0 saturated heterocycles. The lowest BCUT2D eigenvalue weighted by Gasteiger charge is -2.15. The van der Waals surface area contributed by atoms with Crippen molar-refractivity contribution in [2.24, 2.45) is 0 Å². The van der Waals surface area contributed by atoms with Gasteiger partial charge in [-0.05, 0) is 47.0 Å². The third-order valence-electron chi connectivity index (χ3n) is 4.62. The summed E-state index contributed by atoms with van der Waals surface area (Å²) >= 11 is 0. The number of halogens is 1. The normalized spacial score (nSPS) is 11.9. The van der Waals surface area contributed by atoms with E-state index in [2.05, 4.69) is 84.0 Å². The van der Waals surface area contributed by atoms with E-state index in [4.69, 9.17) is 0 Å². The van der Waals surface area contributed by atoms with Crippen LogP contribution in [0.1, 0.15) is 24.1 Å². The predicted octanol–water partition coefficient (Wildman–Crippen LogP) is 5.30. The minimum atomic E-state index is 0. The van der Waals surface area contributed by atoms with Gasteiger partial charge in [0, 0.05) is 30.7 Å². The summed E-state index contributed by atoms with van der Waals surface area (Å²) in [5.41, 5.74) is 3.72. The molecule has 1 aromatic heterocycles. The molecule has 3 aromatic carbocycles. The fourth-order valence-corrected chi connectivity index (χ4v) is 3.08. The number of nitrogens with one attached hydrogen (secondary N) is 1. The molecule has 4 aromatic rings. The summed E-state index contributed by atoms with van der Waals surface area (Å²) < 4.78 is 2.01. The molecule has 0 fully saturated rings. The van der Waals surface area contributed by atoms with Gasteiger partial charge in [0.05, 0.1) is 6.33 Å². The van der Waals surface area contributed by atoms with Gasteiger partial charge in [-0.15, -0.1) is 12.4 Å². The first kappa shape index (κ1) is 18.2. The Kier molecular flexibility index (Phi) is 5.71. The standard InChI is InChI=1S/C22H21N3.ClH/c1-17(19-8-10-22(11-9-19)25-13-12-23-16-25)24-15-18-6-7-20-4-2-3-5-21(20)14-18;/h2-14,16-17,24H,15H2,1H3;1H. The van der Waals surface area contributed by atoms with Crippen LogP contribution in [-0.2, 0) is 6.54 Å². The highest BCUT2D eigenvalue weighted by molar-refractivity contribution is 5.85. The van der Waals surface area contributed by atoms with Crippen LogP contribution in [0.25, 0.3) is 16.5 Å². The number of aromatic nitrogens is 2. The minimum absolute atomic E-state index is 0. The van der Waals surface area contributed by atoms with E-state index >= 15 is 0 Å². The molecule has 132 valence electrons. The Hall–Kier alpha value is -2.62. The van der Waals surface area contributed by atoms with E-state index in [1.54, 1.807) is 6.20 Å². The highest BCUT2D eigenvalue weighted by Crippen LogP contribution is 2.18. The van der Waals surface area contributed by atoms with Gasteiger partial charge in [-0.25, -0.2) is 4.98 Å². The molecule has 26 heavy (non-hydrogen) atoms. The first-order valence-corrected chi connectivity index (χ1v) is 8.59. The molecule has 0 aliphatic rings. The largest absolute Gasteiger partial charge is 0.306 e. The van der Waals surface area contributed by atoms with E-state index in [1.165, 1.54) is 21.9 Å². The van der Waals surface area contributed by atoms with E-state index in [1.807, 2.05) is 17.1 Å². The number of hydrogen-bond acceptors (Lipinski definition) is 2. The SMILES string of the molecule is CC(NCc1ccc2ccccc2c1)c1ccc(-n2ccnc2)cc1.Cl. The van der Waals surface area contributed by atoms with Gasteiger partial charge in [-0.3, -0.25) is 0 Å². The van der Waals surface area contributed by atoms with Crippen LogP contribution in [0, 0.1) is 0 Å². The Morgan fingerprint density at radius 3 is 2.46 bits per heavy atom. The van der Waals surface area contributed by atoms with Crippen LogP contribution in [0.15, 0.2) is 85.5 Å². The van der Waals surface area contributed by atoms with E-state index in [9.17, 15) is 0 Å². The van der Waals surface area contributed by atoms with Crippen molar-refractivity contribution in [1.29, 1.82) is 0 Å². The van der Waals surface area contributed by atoms with Crippen LogP contribution in [0.5, 0.6) is 0 Å². The quantitative estimate of drug-likeness (QED) is 0.521. The van der Waals surface area contributed by atoms with Crippen LogP contribution in [0.2, 0.25) is 0 Å². The van der Waals surface area contributed by atoms with Crippen LogP contribution >= 0.6 is 12.4 Å². The Bertz CT molecular complexity index is 962. The number of imidazole rings is 1. The summed E-state index contributed by atoms with van der Waals surface area (Å²) in [5.74, 6) is 0. The van der Waals surface area contributed by atoms with Crippen LogP contribution in [0.3, 0.4) is 0 Å². The Balaban J connectivity index is 0.00000196. The maximum Gasteiger partial charge on any atom is 0.0991 e. The number of benzene rings is 3. The van der Waals surface area contributed by atoms with Crippen LogP contribution < -0.4 is 5.32 Å². The topological polar surface area (TPSA) is 29.9 Å². The molecule has 1 heterocycles. The van der Waals surface area contributed by atoms with Crippen molar-refractivity contribution in [3.8, 4) is 5.69 Å². The third kappa shape index (κ3) is 3.96. The van der Waals surface area contributed by atoms with Gasteiger partial charge in [0.1, 0.15) is 0 Å². The average Bonchev–Trinajstić information content (AvgIpc) is 3.21. The van der Waals surface area contributed by atoms with Crippen molar-refractivity contribution >= 4 is 23.2 Å². The zero-order chi connectivity index (χ0) is 17.1. The van der Waals surface area contributed by atoms with Gasteiger partial charge in [0.25, 0.3) is 0 Å². The summed E-state index contributed by atoms with van der Waals surface area (Å²) in [6.45, 7) is 3.06. The average molecular weight is 364 g/mol. The molecule has 4 rings (SSSR count). The first-order valence-electron chi connectivity index (χ1n) is 8.59. The van der Waals surface area contributed by atoms with E-state index in [-0.39, 0.29) is 12.4 Å².